The minimum atomic E-state index is -3.84. The first-order valence-electron chi connectivity index (χ1n) is 9.36. The molecule has 0 spiro atoms. The highest BCUT2D eigenvalue weighted by Crippen LogP contribution is 2.23. The fourth-order valence-corrected chi connectivity index (χ4v) is 5.25. The Kier molecular flexibility index (Phi) is 5.79. The van der Waals surface area contributed by atoms with Crippen LogP contribution >= 0.6 is 11.3 Å². The van der Waals surface area contributed by atoms with Crippen molar-refractivity contribution in [1.82, 2.24) is 4.72 Å². The first-order valence-corrected chi connectivity index (χ1v) is 11.7. The van der Waals surface area contributed by atoms with E-state index in [1.807, 2.05) is 42.5 Å². The molecule has 4 nitrogen and oxygen atoms in total. The average Bonchev–Trinajstić information content (AvgIpc) is 3.29. The molecule has 0 aliphatic heterocycles. The Balaban J connectivity index is 1.55. The van der Waals surface area contributed by atoms with Crippen molar-refractivity contribution in [3.63, 3.8) is 0 Å². The van der Waals surface area contributed by atoms with E-state index in [1.54, 1.807) is 17.5 Å². The van der Waals surface area contributed by atoms with Gasteiger partial charge >= 0.3 is 0 Å². The number of carbonyl (C=O) groups excluding carboxylic acids is 1. The third-order valence-corrected chi connectivity index (χ3v) is 7.47. The van der Waals surface area contributed by atoms with Crippen molar-refractivity contribution in [1.29, 1.82) is 0 Å². The number of amides is 1. The van der Waals surface area contributed by atoms with Crippen LogP contribution in [0.25, 0.3) is 16.8 Å². The van der Waals surface area contributed by atoms with Gasteiger partial charge in [-0.3, -0.25) is 4.79 Å². The van der Waals surface area contributed by atoms with Crippen molar-refractivity contribution < 1.29 is 13.2 Å². The highest BCUT2D eigenvalue weighted by molar-refractivity contribution is 7.92. The Morgan fingerprint density at radius 3 is 2.43 bits per heavy atom. The Labute approximate surface area is 179 Å². The van der Waals surface area contributed by atoms with Gasteiger partial charge in [0.15, 0.2) is 0 Å². The van der Waals surface area contributed by atoms with Crippen LogP contribution in [0.4, 0.5) is 0 Å². The number of rotatable bonds is 6. The van der Waals surface area contributed by atoms with Gasteiger partial charge in [-0.2, -0.15) is 0 Å². The van der Waals surface area contributed by atoms with Gasteiger partial charge in [0.05, 0.1) is 0 Å². The topological polar surface area (TPSA) is 63.2 Å². The molecule has 30 heavy (non-hydrogen) atoms. The fraction of sp³-hybridized carbons (Fsp3) is 0.0417. The maximum absolute atomic E-state index is 12.2. The minimum Gasteiger partial charge on any atom is -0.269 e. The molecule has 0 bridgehead atoms. The summed E-state index contributed by atoms with van der Waals surface area (Å²) in [6, 6.07) is 25.3. The first-order chi connectivity index (χ1) is 14.5. The standard InChI is InChI=1S/C24H19NO3S2/c26-23(25-30(27,28)24-13-6-16-29-24)15-14-18-7-1-2-9-20(18)17-21-11-5-10-19-8-3-4-12-22(19)21/h1-16H,17H2,(H,25,26)/b15-14+. The lowest BCUT2D eigenvalue weighted by molar-refractivity contribution is -0.114. The van der Waals surface area contributed by atoms with E-state index in [4.69, 9.17) is 0 Å². The molecule has 3 aromatic carbocycles. The van der Waals surface area contributed by atoms with Gasteiger partial charge in [-0.25, -0.2) is 13.1 Å². The fourth-order valence-electron chi connectivity index (χ4n) is 3.31. The molecule has 0 unspecified atom stereocenters. The van der Waals surface area contributed by atoms with Gasteiger partial charge in [-0.05, 0) is 51.4 Å². The van der Waals surface area contributed by atoms with E-state index in [1.165, 1.54) is 28.5 Å². The number of fused-ring (bicyclic) bond motifs is 1. The van der Waals surface area contributed by atoms with Gasteiger partial charge in [-0.15, -0.1) is 11.3 Å². The summed E-state index contributed by atoms with van der Waals surface area (Å²) in [7, 11) is -3.84. The quantitative estimate of drug-likeness (QED) is 0.435. The lowest BCUT2D eigenvalue weighted by atomic mass is 9.95. The maximum atomic E-state index is 12.2. The summed E-state index contributed by atoms with van der Waals surface area (Å²) < 4.78 is 26.6. The van der Waals surface area contributed by atoms with Crippen molar-refractivity contribution >= 4 is 44.1 Å². The molecule has 0 saturated heterocycles. The summed E-state index contributed by atoms with van der Waals surface area (Å²) in [6.07, 6.45) is 3.61. The normalized spacial score (nSPS) is 11.7. The molecular weight excluding hydrogens is 414 g/mol. The second-order valence-corrected chi connectivity index (χ2v) is 9.61. The molecule has 0 fully saturated rings. The molecule has 1 amide bonds. The predicted octanol–water partition coefficient (Wildman–Crippen LogP) is 5.01. The third-order valence-electron chi connectivity index (χ3n) is 4.73. The number of hydrogen-bond acceptors (Lipinski definition) is 4. The van der Waals surface area contributed by atoms with E-state index in [2.05, 4.69) is 29.0 Å². The van der Waals surface area contributed by atoms with Crippen molar-refractivity contribution in [3.05, 3.63) is 107 Å². The molecule has 0 aliphatic carbocycles. The van der Waals surface area contributed by atoms with E-state index in [-0.39, 0.29) is 4.21 Å². The molecule has 4 aromatic rings. The highest BCUT2D eigenvalue weighted by Gasteiger charge is 2.17. The predicted molar refractivity (Wildman–Crippen MR) is 122 cm³/mol. The summed E-state index contributed by atoms with van der Waals surface area (Å²) in [5.74, 6) is -0.677. The second kappa shape index (κ2) is 8.65. The lowest BCUT2D eigenvalue weighted by Crippen LogP contribution is -2.28. The summed E-state index contributed by atoms with van der Waals surface area (Å²) in [6.45, 7) is 0. The van der Waals surface area contributed by atoms with Gasteiger partial charge in [-0.1, -0.05) is 72.8 Å². The number of thiophene rings is 1. The SMILES string of the molecule is O=C(/C=C/c1ccccc1Cc1cccc2ccccc12)NS(=O)(=O)c1cccs1. The lowest BCUT2D eigenvalue weighted by Gasteiger charge is -2.09. The largest absolute Gasteiger partial charge is 0.273 e. The van der Waals surface area contributed by atoms with Crippen LogP contribution in [0.2, 0.25) is 0 Å². The molecule has 1 N–H and O–H groups in total. The number of carbonyl (C=O) groups is 1. The molecule has 0 atom stereocenters. The summed E-state index contributed by atoms with van der Waals surface area (Å²) in [4.78, 5) is 12.2. The zero-order valence-corrected chi connectivity index (χ0v) is 17.6. The maximum Gasteiger partial charge on any atom is 0.273 e. The molecule has 0 saturated carbocycles. The molecule has 0 aliphatic rings. The number of benzene rings is 3. The van der Waals surface area contributed by atoms with Crippen LogP contribution in [0.15, 0.2) is 94.5 Å². The highest BCUT2D eigenvalue weighted by atomic mass is 32.2. The number of sulfonamides is 1. The van der Waals surface area contributed by atoms with Crippen molar-refractivity contribution in [2.45, 2.75) is 10.6 Å². The third kappa shape index (κ3) is 4.50. The van der Waals surface area contributed by atoms with Crippen LogP contribution in [-0.2, 0) is 21.2 Å². The smallest absolute Gasteiger partial charge is 0.269 e. The van der Waals surface area contributed by atoms with Crippen LogP contribution < -0.4 is 4.72 Å². The molecule has 4 rings (SSSR count). The summed E-state index contributed by atoms with van der Waals surface area (Å²) in [5, 5.41) is 4.03. The summed E-state index contributed by atoms with van der Waals surface area (Å²) in [5.41, 5.74) is 3.12. The molecule has 0 radical (unpaired) electrons. The summed E-state index contributed by atoms with van der Waals surface area (Å²) >= 11 is 1.06. The van der Waals surface area contributed by atoms with Gasteiger partial charge in [0.2, 0.25) is 0 Å². The Morgan fingerprint density at radius 2 is 1.60 bits per heavy atom. The zero-order valence-electron chi connectivity index (χ0n) is 16.0. The molecule has 1 heterocycles. The monoisotopic (exact) mass is 433 g/mol. The van der Waals surface area contributed by atoms with E-state index in [9.17, 15) is 13.2 Å². The van der Waals surface area contributed by atoms with E-state index >= 15 is 0 Å². The zero-order chi connectivity index (χ0) is 21.0. The van der Waals surface area contributed by atoms with E-state index in [0.717, 1.165) is 22.5 Å². The van der Waals surface area contributed by atoms with Gasteiger partial charge < -0.3 is 0 Å². The molecular formula is C24H19NO3S2. The van der Waals surface area contributed by atoms with Crippen LogP contribution in [-0.4, -0.2) is 14.3 Å². The Bertz CT molecular complexity index is 1320. The van der Waals surface area contributed by atoms with Crippen molar-refractivity contribution in [2.75, 3.05) is 0 Å². The Hall–Kier alpha value is -3.22. The molecule has 1 aromatic heterocycles. The molecule has 6 heteroatoms. The van der Waals surface area contributed by atoms with Crippen LogP contribution in [0.1, 0.15) is 16.7 Å². The average molecular weight is 434 g/mol. The van der Waals surface area contributed by atoms with Crippen LogP contribution in [0, 0.1) is 0 Å². The number of hydrogen-bond donors (Lipinski definition) is 1. The van der Waals surface area contributed by atoms with Crippen molar-refractivity contribution in [2.24, 2.45) is 0 Å². The van der Waals surface area contributed by atoms with E-state index < -0.39 is 15.9 Å². The van der Waals surface area contributed by atoms with E-state index in [0.29, 0.717) is 6.42 Å². The molecule has 150 valence electrons. The van der Waals surface area contributed by atoms with Crippen molar-refractivity contribution in [3.8, 4) is 0 Å². The van der Waals surface area contributed by atoms with Gasteiger partial charge in [0, 0.05) is 6.08 Å². The Morgan fingerprint density at radius 1 is 0.867 bits per heavy atom. The van der Waals surface area contributed by atoms with Crippen LogP contribution in [0.3, 0.4) is 0 Å². The van der Waals surface area contributed by atoms with Gasteiger partial charge in [0.1, 0.15) is 4.21 Å². The first kappa shape index (κ1) is 20.1. The second-order valence-electron chi connectivity index (χ2n) is 6.75. The minimum absolute atomic E-state index is 0.112. The number of nitrogens with one attached hydrogen (secondary N) is 1. The van der Waals surface area contributed by atoms with Crippen LogP contribution in [0.5, 0.6) is 0 Å². The van der Waals surface area contributed by atoms with Gasteiger partial charge in [0.25, 0.3) is 15.9 Å².